The van der Waals surface area contributed by atoms with Crippen molar-refractivity contribution >= 4 is 31.5 Å². The number of benzene rings is 1. The molecule has 2 aliphatic rings. The molecule has 1 N–H and O–H groups in total. The van der Waals surface area contributed by atoms with E-state index in [1.165, 1.54) is 4.31 Å². The van der Waals surface area contributed by atoms with Crippen LogP contribution in [0.1, 0.15) is 29.6 Å². The Morgan fingerprint density at radius 3 is 2.58 bits per heavy atom. The van der Waals surface area contributed by atoms with Crippen LogP contribution in [0.15, 0.2) is 24.3 Å². The normalized spacial score (nSPS) is 25.3. The fourth-order valence-corrected chi connectivity index (χ4v) is 6.36. The van der Waals surface area contributed by atoms with Crippen molar-refractivity contribution < 1.29 is 21.6 Å². The summed E-state index contributed by atoms with van der Waals surface area (Å²) in [4.78, 5) is 12.3. The molecule has 7 nitrogen and oxygen atoms in total. The standard InChI is InChI=1S/C15H20N2O5S2/c18-15(16-13-6-9-23(19,20)11-13)12-4-3-5-14(10-12)17-7-1-2-8-24(17,21)22/h3-5,10,13H,1-2,6-9,11H2,(H,16,18). The Hall–Kier alpha value is -1.61. The van der Waals surface area contributed by atoms with Crippen LogP contribution in [0.3, 0.4) is 0 Å². The molecule has 1 aromatic rings. The highest BCUT2D eigenvalue weighted by molar-refractivity contribution is 7.92. The van der Waals surface area contributed by atoms with Crippen LogP contribution in [0.5, 0.6) is 0 Å². The van der Waals surface area contributed by atoms with Crippen molar-refractivity contribution in [2.45, 2.75) is 25.3 Å². The molecule has 1 atom stereocenters. The lowest BCUT2D eigenvalue weighted by molar-refractivity contribution is 0.0941. The molecule has 9 heteroatoms. The van der Waals surface area contributed by atoms with Gasteiger partial charge >= 0.3 is 0 Å². The molecular formula is C15H20N2O5S2. The molecule has 2 aliphatic heterocycles. The third-order valence-electron chi connectivity index (χ3n) is 4.31. The molecule has 1 aromatic carbocycles. The Labute approximate surface area is 142 Å². The Morgan fingerprint density at radius 1 is 1.12 bits per heavy atom. The number of hydrogen-bond donors (Lipinski definition) is 1. The minimum Gasteiger partial charge on any atom is -0.348 e. The predicted molar refractivity (Wildman–Crippen MR) is 91.3 cm³/mol. The van der Waals surface area contributed by atoms with Crippen LogP contribution >= 0.6 is 0 Å². The second-order valence-corrected chi connectivity index (χ2v) is 10.5. The third kappa shape index (κ3) is 3.72. The summed E-state index contributed by atoms with van der Waals surface area (Å²) in [6.07, 6.45) is 1.85. The molecular weight excluding hydrogens is 352 g/mol. The van der Waals surface area contributed by atoms with Crippen molar-refractivity contribution in [1.29, 1.82) is 0 Å². The fraction of sp³-hybridized carbons (Fsp3) is 0.533. The molecule has 2 saturated heterocycles. The highest BCUT2D eigenvalue weighted by Gasteiger charge is 2.30. The van der Waals surface area contributed by atoms with E-state index in [1.807, 2.05) is 0 Å². The first-order valence-electron chi connectivity index (χ1n) is 7.89. The van der Waals surface area contributed by atoms with E-state index in [0.29, 0.717) is 30.6 Å². The first-order valence-corrected chi connectivity index (χ1v) is 11.3. The van der Waals surface area contributed by atoms with Crippen LogP contribution in [-0.4, -0.2) is 52.6 Å². The van der Waals surface area contributed by atoms with Gasteiger partial charge in [-0.05, 0) is 37.5 Å². The topological polar surface area (TPSA) is 101 Å². The van der Waals surface area contributed by atoms with Crippen LogP contribution in [0.25, 0.3) is 0 Å². The van der Waals surface area contributed by atoms with Crippen molar-refractivity contribution in [3.63, 3.8) is 0 Å². The molecule has 2 heterocycles. The number of carbonyl (C=O) groups excluding carboxylic acids is 1. The van der Waals surface area contributed by atoms with E-state index < -0.39 is 19.9 Å². The van der Waals surface area contributed by atoms with Gasteiger partial charge in [-0.3, -0.25) is 9.10 Å². The average Bonchev–Trinajstić information content (AvgIpc) is 2.85. The minimum atomic E-state index is -3.33. The number of nitrogens with zero attached hydrogens (tertiary/aromatic N) is 1. The van der Waals surface area contributed by atoms with Gasteiger partial charge in [0.1, 0.15) is 0 Å². The van der Waals surface area contributed by atoms with Gasteiger partial charge in [-0.15, -0.1) is 0 Å². The van der Waals surface area contributed by atoms with Gasteiger partial charge in [0, 0.05) is 18.2 Å². The Bertz CT molecular complexity index is 848. The van der Waals surface area contributed by atoms with Crippen molar-refractivity contribution in [1.82, 2.24) is 5.32 Å². The third-order valence-corrected chi connectivity index (χ3v) is 7.95. The SMILES string of the molecule is O=C(NC1CCS(=O)(=O)C1)c1cccc(N2CCCCS2(=O)=O)c1. The highest BCUT2D eigenvalue weighted by Crippen LogP contribution is 2.24. The van der Waals surface area contributed by atoms with Crippen molar-refractivity contribution in [2.75, 3.05) is 28.1 Å². The van der Waals surface area contributed by atoms with E-state index in [2.05, 4.69) is 5.32 Å². The maximum Gasteiger partial charge on any atom is 0.251 e. The van der Waals surface area contributed by atoms with Gasteiger partial charge in [-0.2, -0.15) is 0 Å². The number of rotatable bonds is 3. The van der Waals surface area contributed by atoms with E-state index in [1.54, 1.807) is 24.3 Å². The van der Waals surface area contributed by atoms with Crippen molar-refractivity contribution in [2.24, 2.45) is 0 Å². The highest BCUT2D eigenvalue weighted by atomic mass is 32.2. The first kappa shape index (κ1) is 17.2. The van der Waals surface area contributed by atoms with Crippen LogP contribution in [-0.2, 0) is 19.9 Å². The van der Waals surface area contributed by atoms with Crippen LogP contribution in [0, 0.1) is 0 Å². The molecule has 24 heavy (non-hydrogen) atoms. The lowest BCUT2D eigenvalue weighted by Crippen LogP contribution is -2.38. The smallest absolute Gasteiger partial charge is 0.251 e. The van der Waals surface area contributed by atoms with Crippen LogP contribution < -0.4 is 9.62 Å². The summed E-state index contributed by atoms with van der Waals surface area (Å²) in [5, 5.41) is 2.72. The molecule has 0 radical (unpaired) electrons. The summed E-state index contributed by atoms with van der Waals surface area (Å²) in [7, 11) is -6.40. The Balaban J connectivity index is 1.76. The summed E-state index contributed by atoms with van der Waals surface area (Å²) in [6, 6.07) is 6.06. The molecule has 0 aliphatic carbocycles. The molecule has 0 bridgehead atoms. The van der Waals surface area contributed by atoms with E-state index >= 15 is 0 Å². The second-order valence-electron chi connectivity index (χ2n) is 6.22. The lowest BCUT2D eigenvalue weighted by Gasteiger charge is -2.28. The lowest BCUT2D eigenvalue weighted by atomic mass is 10.1. The van der Waals surface area contributed by atoms with Gasteiger partial charge < -0.3 is 5.32 Å². The van der Waals surface area contributed by atoms with E-state index in [-0.39, 0.29) is 29.2 Å². The summed E-state index contributed by atoms with van der Waals surface area (Å²) in [6.45, 7) is 0.411. The molecule has 2 fully saturated rings. The first-order chi connectivity index (χ1) is 11.3. The Kier molecular flexibility index (Phi) is 4.56. The Morgan fingerprint density at radius 2 is 1.92 bits per heavy atom. The van der Waals surface area contributed by atoms with Gasteiger partial charge in [0.05, 0.1) is 22.9 Å². The summed E-state index contributed by atoms with van der Waals surface area (Å²) >= 11 is 0. The van der Waals surface area contributed by atoms with Gasteiger partial charge in [0.15, 0.2) is 9.84 Å². The summed E-state index contributed by atoms with van der Waals surface area (Å²) < 4.78 is 48.6. The number of amides is 1. The monoisotopic (exact) mass is 372 g/mol. The van der Waals surface area contributed by atoms with Crippen LogP contribution in [0.2, 0.25) is 0 Å². The molecule has 132 valence electrons. The second kappa shape index (κ2) is 6.36. The van der Waals surface area contributed by atoms with E-state index in [0.717, 1.165) is 6.42 Å². The zero-order valence-electron chi connectivity index (χ0n) is 13.1. The van der Waals surface area contributed by atoms with Gasteiger partial charge in [0.2, 0.25) is 10.0 Å². The van der Waals surface area contributed by atoms with Gasteiger partial charge in [-0.1, -0.05) is 6.07 Å². The quantitative estimate of drug-likeness (QED) is 0.834. The number of sulfone groups is 1. The molecule has 0 spiro atoms. The molecule has 0 saturated carbocycles. The largest absolute Gasteiger partial charge is 0.348 e. The zero-order chi connectivity index (χ0) is 17.4. The summed E-state index contributed by atoms with van der Waals surface area (Å²) in [5.41, 5.74) is 0.805. The van der Waals surface area contributed by atoms with Crippen LogP contribution in [0.4, 0.5) is 5.69 Å². The minimum absolute atomic E-state index is 0.0427. The number of sulfonamides is 1. The molecule has 0 aromatic heterocycles. The van der Waals surface area contributed by atoms with Crippen molar-refractivity contribution in [3.8, 4) is 0 Å². The molecule has 1 amide bonds. The fourth-order valence-electron chi connectivity index (χ4n) is 3.06. The van der Waals surface area contributed by atoms with E-state index in [4.69, 9.17) is 0 Å². The number of nitrogens with one attached hydrogen (secondary N) is 1. The average molecular weight is 372 g/mol. The zero-order valence-corrected chi connectivity index (χ0v) is 14.8. The van der Waals surface area contributed by atoms with Gasteiger partial charge in [-0.25, -0.2) is 16.8 Å². The molecule has 1 unspecified atom stereocenters. The number of hydrogen-bond acceptors (Lipinski definition) is 5. The van der Waals surface area contributed by atoms with E-state index in [9.17, 15) is 21.6 Å². The summed E-state index contributed by atoms with van der Waals surface area (Å²) in [5.74, 6) is -0.222. The number of carbonyl (C=O) groups is 1. The van der Waals surface area contributed by atoms with Crippen molar-refractivity contribution in [3.05, 3.63) is 29.8 Å². The number of anilines is 1. The molecule has 3 rings (SSSR count). The maximum atomic E-state index is 12.3. The predicted octanol–water partition coefficient (Wildman–Crippen LogP) is 0.533. The maximum absolute atomic E-state index is 12.3. The van der Waals surface area contributed by atoms with Gasteiger partial charge in [0.25, 0.3) is 5.91 Å².